The smallest absolute Gasteiger partial charge is 0.147 e. The van der Waals surface area contributed by atoms with Crippen molar-refractivity contribution in [1.82, 2.24) is 0 Å². The molecule has 0 radical (unpaired) electrons. The third-order valence-electron chi connectivity index (χ3n) is 1.75. The van der Waals surface area contributed by atoms with Crippen molar-refractivity contribution in [1.29, 1.82) is 0 Å². The van der Waals surface area contributed by atoms with Crippen LogP contribution in [-0.2, 0) is 24.1 Å². The molecule has 0 aliphatic heterocycles. The molecule has 0 heterocycles. The Hall–Kier alpha value is 1.54. The molecule has 0 rings (SSSR count). The van der Waals surface area contributed by atoms with Gasteiger partial charge in [-0.2, -0.15) is 0 Å². The molecule has 0 aromatic carbocycles. The minimum Gasteiger partial charge on any atom is -0.147 e. The third-order valence-corrected chi connectivity index (χ3v) is 2.27. The molecule has 0 saturated carbocycles. The van der Waals surface area contributed by atoms with Crippen LogP contribution in [0.1, 0.15) is 46.0 Å². The van der Waals surface area contributed by atoms with Gasteiger partial charge in [0.2, 0.25) is 0 Å². The molecule has 0 N–H and O–H groups in total. The van der Waals surface area contributed by atoms with E-state index in [4.69, 9.17) is 3.32 Å². The summed E-state index contributed by atoms with van der Waals surface area (Å²) in [4.78, 5) is 0. The summed E-state index contributed by atoms with van der Waals surface area (Å²) < 4.78 is 5.25. The molecule has 13 heavy (non-hydrogen) atoms. The first-order valence-electron chi connectivity index (χ1n) is 4.17. The predicted molar refractivity (Wildman–Crippen MR) is 61.1 cm³/mol. The fraction of sp³-hybridized carbons (Fsp3) is 1.00. The minimum absolute atomic E-state index is 0. The van der Waals surface area contributed by atoms with Crippen LogP contribution in [0, 0.1) is 0 Å². The molecule has 0 fully saturated rings. The van der Waals surface area contributed by atoms with Crippen molar-refractivity contribution in [2.24, 2.45) is 0 Å². The van der Waals surface area contributed by atoms with Crippen molar-refractivity contribution in [3.05, 3.63) is 0 Å². The van der Waals surface area contributed by atoms with Crippen molar-refractivity contribution < 1.29 is 24.1 Å². The number of hydrogen-bond acceptors (Lipinski definition) is 1. The SMILES string of the molecule is CCCCCC(CC)[O][Ti].Cl.Cl.Cl. The molecule has 0 saturated heterocycles. The summed E-state index contributed by atoms with van der Waals surface area (Å²) in [6.07, 6.45) is 6.87. The third kappa shape index (κ3) is 16.2. The molecule has 1 nitrogen and oxygen atoms in total. The van der Waals surface area contributed by atoms with E-state index in [1.165, 1.54) is 25.7 Å². The summed E-state index contributed by atoms with van der Waals surface area (Å²) in [7, 11) is 0. The summed E-state index contributed by atoms with van der Waals surface area (Å²) in [5.74, 6) is 0. The molecule has 83 valence electrons. The van der Waals surface area contributed by atoms with Crippen LogP contribution in [0.5, 0.6) is 0 Å². The second-order valence-corrected chi connectivity index (χ2v) is 3.01. The predicted octanol–water partition coefficient (Wildman–Crippen LogP) is 4.09. The summed E-state index contributed by atoms with van der Waals surface area (Å²) in [6.45, 7) is 4.41. The van der Waals surface area contributed by atoms with Gasteiger partial charge in [-0.3, -0.25) is 0 Å². The molecule has 0 spiro atoms. The van der Waals surface area contributed by atoms with E-state index in [1.807, 2.05) is 0 Å². The quantitative estimate of drug-likeness (QED) is 0.528. The maximum atomic E-state index is 5.25. The maximum absolute atomic E-state index is 5.25. The van der Waals surface area contributed by atoms with Gasteiger partial charge in [0.25, 0.3) is 0 Å². The number of halogens is 3. The van der Waals surface area contributed by atoms with Gasteiger partial charge in [-0.05, 0) is 0 Å². The molecule has 0 bridgehead atoms. The average Bonchev–Trinajstić information content (AvgIpc) is 1.99. The summed E-state index contributed by atoms with van der Waals surface area (Å²) in [5, 5.41) is 0. The second kappa shape index (κ2) is 19.2. The Morgan fingerprint density at radius 1 is 1.08 bits per heavy atom. The first-order chi connectivity index (χ1) is 4.85. The number of unbranched alkanes of at least 4 members (excludes halogenated alkanes) is 2. The zero-order chi connectivity index (χ0) is 7.82. The van der Waals surface area contributed by atoms with Crippen LogP contribution in [0.4, 0.5) is 0 Å². The van der Waals surface area contributed by atoms with Crippen molar-refractivity contribution in [3.63, 3.8) is 0 Å². The average molecular weight is 286 g/mol. The van der Waals surface area contributed by atoms with Gasteiger partial charge in [-0.15, -0.1) is 37.2 Å². The van der Waals surface area contributed by atoms with E-state index < -0.39 is 0 Å². The van der Waals surface area contributed by atoms with E-state index in [2.05, 4.69) is 13.8 Å². The Balaban J connectivity index is -0.000000135. The molecule has 5 heteroatoms. The Morgan fingerprint density at radius 3 is 1.92 bits per heavy atom. The van der Waals surface area contributed by atoms with Gasteiger partial charge in [0.05, 0.1) is 0 Å². The molecule has 0 aromatic rings. The number of hydrogen-bond donors (Lipinski definition) is 0. The molecular formula is C8H20Cl3OTi. The second-order valence-electron chi connectivity index (χ2n) is 2.64. The van der Waals surface area contributed by atoms with Crippen molar-refractivity contribution >= 4 is 37.2 Å². The van der Waals surface area contributed by atoms with Gasteiger partial charge >= 0.3 is 76.2 Å². The fourth-order valence-electron chi connectivity index (χ4n) is 0.968. The molecule has 0 aromatic heterocycles. The first kappa shape index (κ1) is 24.0. The van der Waals surface area contributed by atoms with Crippen molar-refractivity contribution in [3.8, 4) is 0 Å². The van der Waals surface area contributed by atoms with Crippen LogP contribution in [-0.4, -0.2) is 6.10 Å². The van der Waals surface area contributed by atoms with Crippen LogP contribution in [0.2, 0.25) is 0 Å². The summed E-state index contributed by atoms with van der Waals surface area (Å²) in [5.41, 5.74) is 0. The molecule has 0 amide bonds. The molecule has 0 aliphatic rings. The van der Waals surface area contributed by atoms with E-state index in [-0.39, 0.29) is 37.2 Å². The van der Waals surface area contributed by atoms with Gasteiger partial charge in [0.1, 0.15) is 0 Å². The molecule has 1 atom stereocenters. The van der Waals surface area contributed by atoms with Gasteiger partial charge in [0.15, 0.2) is 0 Å². The maximum Gasteiger partial charge on any atom is -0.147 e. The zero-order valence-corrected chi connectivity index (χ0v) is 12.3. The van der Waals surface area contributed by atoms with Crippen LogP contribution >= 0.6 is 37.2 Å². The summed E-state index contributed by atoms with van der Waals surface area (Å²) >= 11 is 1.81. The van der Waals surface area contributed by atoms with Crippen molar-refractivity contribution in [2.45, 2.75) is 52.1 Å². The van der Waals surface area contributed by atoms with Crippen LogP contribution in [0.25, 0.3) is 0 Å². The van der Waals surface area contributed by atoms with Gasteiger partial charge in [-0.1, -0.05) is 0 Å². The summed E-state index contributed by atoms with van der Waals surface area (Å²) in [6, 6.07) is 0. The van der Waals surface area contributed by atoms with E-state index in [1.54, 1.807) is 20.8 Å². The van der Waals surface area contributed by atoms with Crippen LogP contribution in [0.3, 0.4) is 0 Å². The molecule has 0 aliphatic carbocycles. The zero-order valence-electron chi connectivity index (χ0n) is 8.25. The Bertz CT molecular complexity index is 72.4. The van der Waals surface area contributed by atoms with Crippen LogP contribution < -0.4 is 0 Å². The van der Waals surface area contributed by atoms with Crippen LogP contribution in [0.15, 0.2) is 0 Å². The Morgan fingerprint density at radius 2 is 1.62 bits per heavy atom. The van der Waals surface area contributed by atoms with Gasteiger partial charge in [0, 0.05) is 0 Å². The Kier molecular flexibility index (Phi) is 35.4. The van der Waals surface area contributed by atoms with Crippen molar-refractivity contribution in [2.75, 3.05) is 0 Å². The number of rotatable bonds is 6. The first-order valence-corrected chi connectivity index (χ1v) is 4.81. The topological polar surface area (TPSA) is 9.23 Å². The normalized spacial score (nSPS) is 10.2. The van der Waals surface area contributed by atoms with Gasteiger partial charge < -0.3 is 0 Å². The van der Waals surface area contributed by atoms with E-state index in [0.717, 1.165) is 6.42 Å². The molecular weight excluding hydrogens is 266 g/mol. The molecule has 1 unspecified atom stereocenters. The largest absolute Gasteiger partial charge is 0.147 e. The van der Waals surface area contributed by atoms with E-state index >= 15 is 0 Å². The van der Waals surface area contributed by atoms with E-state index in [0.29, 0.717) is 6.10 Å². The standard InChI is InChI=1S/C8H17O.3ClH.Ti/c1-3-5-6-7-8(9)4-2;;;;/h8H,3-7H2,1-2H3;3*1H;/q-1;;;;+1. The van der Waals surface area contributed by atoms with Gasteiger partial charge in [-0.25, -0.2) is 0 Å². The fourth-order valence-corrected chi connectivity index (χ4v) is 1.41. The van der Waals surface area contributed by atoms with E-state index in [9.17, 15) is 0 Å². The Labute approximate surface area is 113 Å². The minimum atomic E-state index is 0. The monoisotopic (exact) mass is 285 g/mol.